The minimum absolute atomic E-state index is 0.0144. The summed E-state index contributed by atoms with van der Waals surface area (Å²) in [4.78, 5) is 15.0. The summed E-state index contributed by atoms with van der Waals surface area (Å²) >= 11 is 0. The van der Waals surface area contributed by atoms with E-state index in [-0.39, 0.29) is 18.1 Å². The third kappa shape index (κ3) is 4.62. The molecular formula is C21H31NO3. The Hall–Kier alpha value is -1.39. The molecule has 138 valence electrons. The molecule has 0 aliphatic carbocycles. The second-order valence-corrected chi connectivity index (χ2v) is 7.88. The second-order valence-electron chi connectivity index (χ2n) is 7.88. The second kappa shape index (κ2) is 8.33. The molecule has 0 N–H and O–H groups in total. The standard InChI is InChI=1S/C21H31NO3/c1-15(2)19-11-17(9-10-24-19)12-21(23)22-13-20(25-14-16(22)3)18-7-5-4-6-8-18/h4-8,15-17,19-20H,9-14H2,1-3H3/t16-,17+,19-,20+/m0/s1. The van der Waals surface area contributed by atoms with E-state index < -0.39 is 0 Å². The average Bonchev–Trinajstić information content (AvgIpc) is 2.63. The molecule has 2 heterocycles. The Morgan fingerprint density at radius 1 is 1.24 bits per heavy atom. The molecule has 1 amide bonds. The first-order chi connectivity index (χ1) is 12.0. The molecular weight excluding hydrogens is 314 g/mol. The number of ether oxygens (including phenoxy) is 2. The largest absolute Gasteiger partial charge is 0.378 e. The van der Waals surface area contributed by atoms with Crippen molar-refractivity contribution in [2.75, 3.05) is 19.8 Å². The molecule has 2 fully saturated rings. The first kappa shape index (κ1) is 18.4. The highest BCUT2D eigenvalue weighted by Gasteiger charge is 2.33. The summed E-state index contributed by atoms with van der Waals surface area (Å²) < 4.78 is 11.8. The van der Waals surface area contributed by atoms with Crippen LogP contribution in [0, 0.1) is 11.8 Å². The van der Waals surface area contributed by atoms with Crippen molar-refractivity contribution in [2.24, 2.45) is 11.8 Å². The summed E-state index contributed by atoms with van der Waals surface area (Å²) in [6, 6.07) is 10.4. The Kier molecular flexibility index (Phi) is 6.13. The van der Waals surface area contributed by atoms with Crippen LogP contribution in [0.2, 0.25) is 0 Å². The first-order valence-electron chi connectivity index (χ1n) is 9.62. The maximum Gasteiger partial charge on any atom is 0.223 e. The molecule has 2 saturated heterocycles. The van der Waals surface area contributed by atoms with E-state index in [1.165, 1.54) is 0 Å². The van der Waals surface area contributed by atoms with Gasteiger partial charge in [-0.05, 0) is 37.2 Å². The molecule has 0 saturated carbocycles. The van der Waals surface area contributed by atoms with E-state index in [0.29, 0.717) is 37.5 Å². The Morgan fingerprint density at radius 3 is 2.72 bits per heavy atom. The number of carbonyl (C=O) groups excluding carboxylic acids is 1. The van der Waals surface area contributed by atoms with Gasteiger partial charge in [-0.3, -0.25) is 4.79 Å². The molecule has 1 aromatic carbocycles. The minimum atomic E-state index is -0.0144. The van der Waals surface area contributed by atoms with E-state index in [1.54, 1.807) is 0 Å². The van der Waals surface area contributed by atoms with E-state index in [9.17, 15) is 4.79 Å². The van der Waals surface area contributed by atoms with Crippen LogP contribution in [0.25, 0.3) is 0 Å². The molecule has 4 atom stereocenters. The summed E-state index contributed by atoms with van der Waals surface area (Å²) in [5.41, 5.74) is 1.15. The van der Waals surface area contributed by atoms with Crippen LogP contribution >= 0.6 is 0 Å². The van der Waals surface area contributed by atoms with Crippen molar-refractivity contribution in [1.29, 1.82) is 0 Å². The summed E-state index contributed by atoms with van der Waals surface area (Å²) in [5, 5.41) is 0. The van der Waals surface area contributed by atoms with Crippen molar-refractivity contribution in [3.8, 4) is 0 Å². The molecule has 4 nitrogen and oxygen atoms in total. The number of rotatable bonds is 4. The van der Waals surface area contributed by atoms with Gasteiger partial charge in [0.15, 0.2) is 0 Å². The van der Waals surface area contributed by atoms with Crippen LogP contribution in [0.4, 0.5) is 0 Å². The lowest BCUT2D eigenvalue weighted by Gasteiger charge is -2.39. The van der Waals surface area contributed by atoms with E-state index in [1.807, 2.05) is 23.1 Å². The molecule has 4 heteroatoms. The zero-order valence-corrected chi connectivity index (χ0v) is 15.7. The predicted molar refractivity (Wildman–Crippen MR) is 98.2 cm³/mol. The molecule has 25 heavy (non-hydrogen) atoms. The molecule has 0 unspecified atom stereocenters. The summed E-state index contributed by atoms with van der Waals surface area (Å²) in [5.74, 6) is 1.23. The van der Waals surface area contributed by atoms with Crippen molar-refractivity contribution >= 4 is 5.91 Å². The van der Waals surface area contributed by atoms with Crippen molar-refractivity contribution in [3.05, 3.63) is 35.9 Å². The smallest absolute Gasteiger partial charge is 0.223 e. The molecule has 0 aromatic heterocycles. The third-order valence-corrected chi connectivity index (χ3v) is 5.56. The predicted octanol–water partition coefficient (Wildman–Crippen LogP) is 3.82. The van der Waals surface area contributed by atoms with Gasteiger partial charge >= 0.3 is 0 Å². The first-order valence-corrected chi connectivity index (χ1v) is 9.62. The van der Waals surface area contributed by atoms with Crippen LogP contribution in [0.3, 0.4) is 0 Å². The number of carbonyl (C=O) groups is 1. The Bertz CT molecular complexity index is 560. The monoisotopic (exact) mass is 345 g/mol. The molecule has 2 aliphatic heterocycles. The Morgan fingerprint density at radius 2 is 2.00 bits per heavy atom. The number of hydrogen-bond donors (Lipinski definition) is 0. The van der Waals surface area contributed by atoms with Crippen LogP contribution in [0.5, 0.6) is 0 Å². The number of morpholine rings is 1. The molecule has 1 aromatic rings. The average molecular weight is 345 g/mol. The maximum absolute atomic E-state index is 13.0. The van der Waals surface area contributed by atoms with Gasteiger partial charge in [0.25, 0.3) is 0 Å². The summed E-state index contributed by atoms with van der Waals surface area (Å²) in [6.07, 6.45) is 2.92. The van der Waals surface area contributed by atoms with Gasteiger partial charge in [0.2, 0.25) is 5.91 Å². The Balaban J connectivity index is 1.60. The van der Waals surface area contributed by atoms with Crippen LogP contribution in [0.15, 0.2) is 30.3 Å². The zero-order valence-electron chi connectivity index (χ0n) is 15.7. The van der Waals surface area contributed by atoms with Crippen LogP contribution in [-0.2, 0) is 14.3 Å². The van der Waals surface area contributed by atoms with Crippen molar-refractivity contribution in [2.45, 2.75) is 58.3 Å². The van der Waals surface area contributed by atoms with Gasteiger partial charge in [-0.2, -0.15) is 0 Å². The number of benzene rings is 1. The molecule has 0 spiro atoms. The van der Waals surface area contributed by atoms with Crippen LogP contribution in [0.1, 0.15) is 51.7 Å². The topological polar surface area (TPSA) is 38.8 Å². The fourth-order valence-corrected chi connectivity index (χ4v) is 3.89. The summed E-state index contributed by atoms with van der Waals surface area (Å²) in [6.45, 7) is 8.52. The van der Waals surface area contributed by atoms with Gasteiger partial charge in [-0.15, -0.1) is 0 Å². The zero-order chi connectivity index (χ0) is 17.8. The summed E-state index contributed by atoms with van der Waals surface area (Å²) in [7, 11) is 0. The lowest BCUT2D eigenvalue weighted by atomic mass is 9.87. The fraction of sp³-hybridized carbons (Fsp3) is 0.667. The number of amides is 1. The van der Waals surface area contributed by atoms with Crippen LogP contribution < -0.4 is 0 Å². The van der Waals surface area contributed by atoms with Crippen molar-refractivity contribution in [3.63, 3.8) is 0 Å². The lowest BCUT2D eigenvalue weighted by Crippen LogP contribution is -2.49. The van der Waals surface area contributed by atoms with Crippen LogP contribution in [-0.4, -0.2) is 42.7 Å². The van der Waals surface area contributed by atoms with E-state index in [4.69, 9.17) is 9.47 Å². The van der Waals surface area contributed by atoms with Crippen molar-refractivity contribution < 1.29 is 14.3 Å². The quantitative estimate of drug-likeness (QED) is 0.833. The highest BCUT2D eigenvalue weighted by Crippen LogP contribution is 2.30. The van der Waals surface area contributed by atoms with Gasteiger partial charge in [-0.25, -0.2) is 0 Å². The van der Waals surface area contributed by atoms with Gasteiger partial charge in [0, 0.05) is 13.0 Å². The highest BCUT2D eigenvalue weighted by atomic mass is 16.5. The van der Waals surface area contributed by atoms with Gasteiger partial charge < -0.3 is 14.4 Å². The maximum atomic E-state index is 13.0. The fourth-order valence-electron chi connectivity index (χ4n) is 3.89. The number of hydrogen-bond acceptors (Lipinski definition) is 3. The minimum Gasteiger partial charge on any atom is -0.378 e. The molecule has 0 radical (unpaired) electrons. The molecule has 2 aliphatic rings. The number of nitrogens with zero attached hydrogens (tertiary/aromatic N) is 1. The molecule has 0 bridgehead atoms. The van der Waals surface area contributed by atoms with Gasteiger partial charge in [0.05, 0.1) is 25.3 Å². The normalized spacial score (nSPS) is 30.5. The Labute approximate surface area is 151 Å². The van der Waals surface area contributed by atoms with Gasteiger partial charge in [0.1, 0.15) is 6.10 Å². The van der Waals surface area contributed by atoms with Gasteiger partial charge in [-0.1, -0.05) is 44.2 Å². The highest BCUT2D eigenvalue weighted by molar-refractivity contribution is 5.77. The lowest BCUT2D eigenvalue weighted by molar-refractivity contribution is -0.146. The van der Waals surface area contributed by atoms with Crippen molar-refractivity contribution in [1.82, 2.24) is 4.90 Å². The van der Waals surface area contributed by atoms with E-state index >= 15 is 0 Å². The van der Waals surface area contributed by atoms with E-state index in [0.717, 1.165) is 25.0 Å². The molecule has 3 rings (SSSR count). The third-order valence-electron chi connectivity index (χ3n) is 5.56. The van der Waals surface area contributed by atoms with E-state index in [2.05, 4.69) is 32.9 Å². The SMILES string of the molecule is CC(C)[C@@H]1C[C@H](CC(=O)N2C[C@H](c3ccccc3)OC[C@@H]2C)CCO1.